The van der Waals surface area contributed by atoms with Crippen molar-refractivity contribution in [3.05, 3.63) is 62.5 Å². The molecule has 2 aromatic rings. The summed E-state index contributed by atoms with van der Waals surface area (Å²) in [5.41, 5.74) is 2.08. The Morgan fingerprint density at radius 1 is 1.05 bits per heavy atom. The number of hydrogen-bond acceptors (Lipinski definition) is 1. The smallest absolute Gasteiger partial charge is 0.120 e. The van der Waals surface area contributed by atoms with Crippen molar-refractivity contribution in [2.24, 2.45) is 0 Å². The summed E-state index contributed by atoms with van der Waals surface area (Å²) in [6.45, 7) is 2.62. The Balaban J connectivity index is 2.34. The molecule has 0 aliphatic carbocycles. The van der Waals surface area contributed by atoms with Gasteiger partial charge in [0.2, 0.25) is 0 Å². The Hall–Kier alpha value is -0.510. The second kappa shape index (κ2) is 6.78. The van der Waals surface area contributed by atoms with Crippen molar-refractivity contribution in [1.29, 1.82) is 0 Å². The van der Waals surface area contributed by atoms with Crippen molar-refractivity contribution >= 4 is 43.5 Å². The highest BCUT2D eigenvalue weighted by atomic mass is 79.9. The molecule has 0 saturated heterocycles. The van der Waals surface area contributed by atoms with Gasteiger partial charge in [0.25, 0.3) is 0 Å². The quantitative estimate of drug-likeness (QED) is 0.573. The van der Waals surface area contributed by atoms with Crippen molar-refractivity contribution in [2.75, 3.05) is 6.61 Å². The molecular formula is C15H13Br2ClO. The van der Waals surface area contributed by atoms with Crippen LogP contribution in [0.1, 0.15) is 23.4 Å². The van der Waals surface area contributed by atoms with Crippen molar-refractivity contribution in [3.8, 4) is 5.75 Å². The van der Waals surface area contributed by atoms with Crippen molar-refractivity contribution in [2.45, 2.75) is 12.3 Å². The fourth-order valence-electron chi connectivity index (χ4n) is 1.82. The highest BCUT2D eigenvalue weighted by Crippen LogP contribution is 2.38. The third kappa shape index (κ3) is 3.53. The number of ether oxygens (including phenoxy) is 1. The van der Waals surface area contributed by atoms with Gasteiger partial charge in [0.15, 0.2) is 0 Å². The van der Waals surface area contributed by atoms with Crippen LogP contribution in [0.2, 0.25) is 0 Å². The lowest BCUT2D eigenvalue weighted by Gasteiger charge is -2.15. The van der Waals surface area contributed by atoms with E-state index in [0.717, 1.165) is 25.8 Å². The van der Waals surface area contributed by atoms with E-state index in [0.29, 0.717) is 6.61 Å². The van der Waals surface area contributed by atoms with Crippen LogP contribution >= 0.6 is 43.5 Å². The van der Waals surface area contributed by atoms with Crippen LogP contribution in [-0.2, 0) is 0 Å². The largest absolute Gasteiger partial charge is 0.494 e. The summed E-state index contributed by atoms with van der Waals surface area (Å²) in [6.07, 6.45) is 0. The number of rotatable bonds is 4. The van der Waals surface area contributed by atoms with E-state index in [2.05, 4.69) is 31.9 Å². The van der Waals surface area contributed by atoms with Crippen LogP contribution in [0, 0.1) is 0 Å². The first-order chi connectivity index (χ1) is 9.13. The minimum absolute atomic E-state index is 0.208. The maximum absolute atomic E-state index is 6.57. The first-order valence-electron chi connectivity index (χ1n) is 5.94. The SMILES string of the molecule is CCOc1ccc(C(Cl)c2ccccc2Br)c(Br)c1. The molecule has 0 spiro atoms. The molecule has 0 heterocycles. The number of benzene rings is 2. The molecule has 0 radical (unpaired) electrons. The van der Waals surface area contributed by atoms with E-state index in [-0.39, 0.29) is 5.38 Å². The molecule has 0 bridgehead atoms. The maximum Gasteiger partial charge on any atom is 0.120 e. The lowest BCUT2D eigenvalue weighted by atomic mass is 10.0. The van der Waals surface area contributed by atoms with E-state index >= 15 is 0 Å². The maximum atomic E-state index is 6.57. The summed E-state index contributed by atoms with van der Waals surface area (Å²) in [5.74, 6) is 0.842. The summed E-state index contributed by atoms with van der Waals surface area (Å²) in [6, 6.07) is 13.9. The predicted molar refractivity (Wildman–Crippen MR) is 87.1 cm³/mol. The van der Waals surface area contributed by atoms with E-state index in [1.165, 1.54) is 0 Å². The highest BCUT2D eigenvalue weighted by Gasteiger charge is 2.16. The molecule has 1 nitrogen and oxygen atoms in total. The van der Waals surface area contributed by atoms with Crippen molar-refractivity contribution in [3.63, 3.8) is 0 Å². The standard InChI is InChI=1S/C15H13Br2ClO/c1-2-19-10-7-8-12(14(17)9-10)15(18)11-5-3-4-6-13(11)16/h3-9,15H,2H2,1H3. The molecule has 4 heteroatoms. The molecule has 100 valence electrons. The highest BCUT2D eigenvalue weighted by molar-refractivity contribution is 9.10. The van der Waals surface area contributed by atoms with Gasteiger partial charge in [-0.1, -0.05) is 56.1 Å². The van der Waals surface area contributed by atoms with E-state index < -0.39 is 0 Å². The van der Waals surface area contributed by atoms with Gasteiger partial charge in [0.05, 0.1) is 12.0 Å². The van der Waals surface area contributed by atoms with Crippen LogP contribution in [0.3, 0.4) is 0 Å². The van der Waals surface area contributed by atoms with Gasteiger partial charge >= 0.3 is 0 Å². The Morgan fingerprint density at radius 3 is 2.37 bits per heavy atom. The molecule has 0 aromatic heterocycles. The molecule has 0 aliphatic rings. The molecule has 1 unspecified atom stereocenters. The molecule has 1 atom stereocenters. The minimum Gasteiger partial charge on any atom is -0.494 e. The zero-order valence-corrected chi connectivity index (χ0v) is 14.3. The van der Waals surface area contributed by atoms with Crippen LogP contribution in [0.5, 0.6) is 5.75 Å². The lowest BCUT2D eigenvalue weighted by molar-refractivity contribution is 0.340. The van der Waals surface area contributed by atoms with Gasteiger partial charge in [0.1, 0.15) is 5.75 Å². The molecule has 0 fully saturated rings. The zero-order chi connectivity index (χ0) is 13.8. The molecule has 0 saturated carbocycles. The second-order valence-electron chi connectivity index (χ2n) is 4.00. The Kier molecular flexibility index (Phi) is 5.31. The van der Waals surface area contributed by atoms with Gasteiger partial charge in [-0.05, 0) is 36.2 Å². The fourth-order valence-corrected chi connectivity index (χ4v) is 3.56. The Bertz CT molecular complexity index is 572. The third-order valence-corrected chi connectivity index (χ3v) is 4.61. The van der Waals surface area contributed by atoms with Crippen LogP contribution < -0.4 is 4.74 Å². The summed E-state index contributed by atoms with van der Waals surface area (Å²) < 4.78 is 7.43. The van der Waals surface area contributed by atoms with Crippen molar-refractivity contribution in [1.82, 2.24) is 0 Å². The summed E-state index contributed by atoms with van der Waals surface area (Å²) in [7, 11) is 0. The summed E-state index contributed by atoms with van der Waals surface area (Å²) >= 11 is 13.7. The Labute approximate surface area is 135 Å². The van der Waals surface area contributed by atoms with Crippen molar-refractivity contribution < 1.29 is 4.74 Å². The number of halogens is 3. The molecule has 0 aliphatic heterocycles. The Morgan fingerprint density at radius 2 is 1.74 bits per heavy atom. The topological polar surface area (TPSA) is 9.23 Å². The van der Waals surface area contributed by atoms with E-state index in [4.69, 9.17) is 16.3 Å². The second-order valence-corrected chi connectivity index (χ2v) is 6.15. The molecule has 19 heavy (non-hydrogen) atoms. The summed E-state index contributed by atoms with van der Waals surface area (Å²) in [5, 5.41) is -0.208. The molecular weight excluding hydrogens is 391 g/mol. The van der Waals surface area contributed by atoms with Gasteiger partial charge in [-0.25, -0.2) is 0 Å². The number of alkyl halides is 1. The fraction of sp³-hybridized carbons (Fsp3) is 0.200. The molecule has 2 rings (SSSR count). The average molecular weight is 405 g/mol. The zero-order valence-electron chi connectivity index (χ0n) is 10.4. The predicted octanol–water partition coefficient (Wildman–Crippen LogP) is 5.94. The van der Waals surface area contributed by atoms with Gasteiger partial charge in [-0.3, -0.25) is 0 Å². The first-order valence-corrected chi connectivity index (χ1v) is 7.96. The van der Waals surface area contributed by atoms with Crippen LogP contribution in [0.4, 0.5) is 0 Å². The third-order valence-electron chi connectivity index (χ3n) is 2.73. The molecule has 0 N–H and O–H groups in total. The monoisotopic (exact) mass is 402 g/mol. The number of hydrogen-bond donors (Lipinski definition) is 0. The van der Waals surface area contributed by atoms with Gasteiger partial charge in [-0.2, -0.15) is 0 Å². The van der Waals surface area contributed by atoms with Gasteiger partial charge in [0, 0.05) is 8.95 Å². The minimum atomic E-state index is -0.208. The normalized spacial score (nSPS) is 12.2. The van der Waals surface area contributed by atoms with Crippen LogP contribution in [-0.4, -0.2) is 6.61 Å². The van der Waals surface area contributed by atoms with E-state index in [1.807, 2.05) is 49.4 Å². The first kappa shape index (κ1) is 14.9. The van der Waals surface area contributed by atoms with E-state index in [1.54, 1.807) is 0 Å². The van der Waals surface area contributed by atoms with Gasteiger partial charge < -0.3 is 4.74 Å². The molecule has 2 aromatic carbocycles. The van der Waals surface area contributed by atoms with E-state index in [9.17, 15) is 0 Å². The van der Waals surface area contributed by atoms with Crippen LogP contribution in [0.15, 0.2) is 51.4 Å². The lowest BCUT2D eigenvalue weighted by Crippen LogP contribution is -1.97. The summed E-state index contributed by atoms with van der Waals surface area (Å²) in [4.78, 5) is 0. The van der Waals surface area contributed by atoms with Crippen LogP contribution in [0.25, 0.3) is 0 Å². The van der Waals surface area contributed by atoms with Gasteiger partial charge in [-0.15, -0.1) is 11.6 Å². The average Bonchev–Trinajstić information content (AvgIpc) is 2.39. The molecule has 0 amide bonds.